The van der Waals surface area contributed by atoms with Crippen LogP contribution in [0.2, 0.25) is 0 Å². The van der Waals surface area contributed by atoms with E-state index < -0.39 is 49.6 Å². The summed E-state index contributed by atoms with van der Waals surface area (Å²) < 4.78 is 79.1. The molecule has 16 heteroatoms. The third kappa shape index (κ3) is 7.27. The van der Waals surface area contributed by atoms with Crippen LogP contribution in [0.5, 0.6) is 5.75 Å². The normalized spacial score (nSPS) is 19.9. The van der Waals surface area contributed by atoms with Gasteiger partial charge < -0.3 is 25.2 Å². The van der Waals surface area contributed by atoms with Crippen LogP contribution >= 0.6 is 15.9 Å². The van der Waals surface area contributed by atoms with Crippen molar-refractivity contribution >= 4 is 50.5 Å². The lowest BCUT2D eigenvalue weighted by molar-refractivity contribution is -0.134. The van der Waals surface area contributed by atoms with Crippen molar-refractivity contribution in [2.45, 2.75) is 63.0 Å². The van der Waals surface area contributed by atoms with Gasteiger partial charge in [0, 0.05) is 61.6 Å². The van der Waals surface area contributed by atoms with E-state index in [1.165, 1.54) is 7.11 Å². The fourth-order valence-electron chi connectivity index (χ4n) is 5.54. The molecule has 4 bridgehead atoms. The smallest absolute Gasteiger partial charge is 0.389 e. The molecule has 0 amide bonds. The number of hydrogen-bond acceptors (Lipinski definition) is 9. The summed E-state index contributed by atoms with van der Waals surface area (Å²) in [6, 6.07) is 4.01. The molecule has 2 fully saturated rings. The summed E-state index contributed by atoms with van der Waals surface area (Å²) in [5.41, 5.74) is 1.74. The van der Waals surface area contributed by atoms with Crippen LogP contribution in [0.3, 0.4) is 0 Å². The highest BCUT2D eigenvalue weighted by atomic mass is 79.9. The molecule has 2 N–H and O–H groups in total. The molecule has 6 heterocycles. The van der Waals surface area contributed by atoms with Crippen LogP contribution in [-0.2, 0) is 0 Å². The van der Waals surface area contributed by atoms with Crippen molar-refractivity contribution in [3.05, 3.63) is 28.0 Å². The number of hydrogen-bond donors (Lipinski definition) is 2. The highest BCUT2D eigenvalue weighted by molar-refractivity contribution is 9.10. The maximum atomic E-state index is 12.3. The molecule has 0 aromatic carbocycles. The first kappa shape index (κ1) is 31.1. The molecule has 0 unspecified atom stereocenters. The van der Waals surface area contributed by atoms with Crippen LogP contribution in [0, 0.1) is 0 Å². The van der Waals surface area contributed by atoms with Crippen LogP contribution in [-0.4, -0.2) is 79.3 Å². The van der Waals surface area contributed by atoms with Gasteiger partial charge in [-0.3, -0.25) is 9.59 Å². The Bertz CT molecular complexity index is 1400. The highest BCUT2D eigenvalue weighted by Gasteiger charge is 2.35. The molecule has 4 aliphatic heterocycles. The largest absolute Gasteiger partial charge is 0.494 e. The van der Waals surface area contributed by atoms with Crippen molar-refractivity contribution < 1.29 is 40.7 Å². The van der Waals surface area contributed by atoms with E-state index in [2.05, 4.69) is 46.3 Å². The number of carbonyl (C=O) groups excluding carboxylic acids is 2. The first-order valence-electron chi connectivity index (χ1n) is 13.7. The van der Waals surface area contributed by atoms with Crippen molar-refractivity contribution in [1.82, 2.24) is 9.97 Å². The third-order valence-corrected chi connectivity index (χ3v) is 8.29. The molecule has 0 spiro atoms. The summed E-state index contributed by atoms with van der Waals surface area (Å²) in [5.74, 6) is 0.0914. The van der Waals surface area contributed by atoms with Crippen LogP contribution in [0.15, 0.2) is 16.6 Å². The fraction of sp³-hybridized carbons (Fsp3) is 0.556. The van der Waals surface area contributed by atoms with Gasteiger partial charge in [-0.05, 0) is 34.8 Å². The van der Waals surface area contributed by atoms with Crippen LogP contribution in [0.1, 0.15) is 59.5 Å². The van der Waals surface area contributed by atoms with Crippen molar-refractivity contribution in [2.24, 2.45) is 0 Å². The molecule has 2 aromatic rings. The Morgan fingerprint density at radius 3 is 1.81 bits per heavy atom. The summed E-state index contributed by atoms with van der Waals surface area (Å²) in [6.07, 6.45) is -10.2. The lowest BCUT2D eigenvalue weighted by Gasteiger charge is -2.28. The number of pyridine rings is 2. The second-order valence-corrected chi connectivity index (χ2v) is 11.7. The summed E-state index contributed by atoms with van der Waals surface area (Å²) in [5, 5.41) is 6.46. The minimum absolute atomic E-state index is 0.0412. The number of halogens is 7. The molecule has 9 nitrogen and oxygen atoms in total. The van der Waals surface area contributed by atoms with E-state index in [-0.39, 0.29) is 23.2 Å². The molecule has 0 aliphatic carbocycles. The summed E-state index contributed by atoms with van der Waals surface area (Å²) in [7, 11) is 1.38. The van der Waals surface area contributed by atoms with Gasteiger partial charge >= 0.3 is 12.4 Å². The Balaban J connectivity index is 0.000000171. The topological polar surface area (TPSA) is 99.7 Å². The number of Topliss-reactive ketones (excluding diaryl/α,β-unsaturated/α-hetero) is 2. The number of anilines is 4. The van der Waals surface area contributed by atoms with Gasteiger partial charge in [0.25, 0.3) is 0 Å². The van der Waals surface area contributed by atoms with Gasteiger partial charge in [-0.25, -0.2) is 9.97 Å². The van der Waals surface area contributed by atoms with E-state index in [1.807, 2.05) is 0 Å². The maximum absolute atomic E-state index is 12.3. The molecular formula is C27H29BrF6N6O3. The number of carbonyl (C=O) groups is 2. The lowest BCUT2D eigenvalue weighted by Crippen LogP contribution is -2.32. The van der Waals surface area contributed by atoms with Gasteiger partial charge in [0.05, 0.1) is 31.3 Å². The Kier molecular flexibility index (Phi) is 8.69. The number of nitrogens with one attached hydrogen (secondary N) is 2. The molecule has 43 heavy (non-hydrogen) atoms. The number of ketones is 2. The summed E-state index contributed by atoms with van der Waals surface area (Å²) in [6.45, 7) is 3.55. The molecule has 2 saturated heterocycles. The van der Waals surface area contributed by atoms with Crippen LogP contribution in [0.4, 0.5) is 49.4 Å². The molecule has 0 radical (unpaired) electrons. The van der Waals surface area contributed by atoms with Crippen molar-refractivity contribution in [1.29, 1.82) is 0 Å². The zero-order valence-electron chi connectivity index (χ0n) is 23.0. The Morgan fingerprint density at radius 2 is 1.33 bits per heavy atom. The van der Waals surface area contributed by atoms with Crippen molar-refractivity contribution in [2.75, 3.05) is 53.7 Å². The number of aromatic nitrogens is 2. The van der Waals surface area contributed by atoms with Crippen LogP contribution in [0.25, 0.3) is 0 Å². The predicted octanol–water partition coefficient (Wildman–Crippen LogP) is 5.99. The molecule has 0 saturated carbocycles. The molecular weight excluding hydrogens is 650 g/mol. The van der Waals surface area contributed by atoms with E-state index in [0.717, 1.165) is 50.4 Å². The van der Waals surface area contributed by atoms with Crippen LogP contribution < -0.4 is 25.2 Å². The van der Waals surface area contributed by atoms with Gasteiger partial charge in [0.15, 0.2) is 28.9 Å². The number of nitrogens with zero attached hydrogens (tertiary/aromatic N) is 4. The average Bonchev–Trinajstić information content (AvgIpc) is 3.53. The first-order valence-corrected chi connectivity index (χ1v) is 14.5. The minimum Gasteiger partial charge on any atom is -0.494 e. The monoisotopic (exact) mass is 678 g/mol. The lowest BCUT2D eigenvalue weighted by atomic mass is 10.1. The second kappa shape index (κ2) is 12.0. The van der Waals surface area contributed by atoms with Gasteiger partial charge in [-0.2, -0.15) is 26.3 Å². The van der Waals surface area contributed by atoms with E-state index in [1.54, 1.807) is 12.1 Å². The van der Waals surface area contributed by atoms with Gasteiger partial charge in [-0.15, -0.1) is 0 Å². The molecule has 4 aliphatic rings. The summed E-state index contributed by atoms with van der Waals surface area (Å²) in [4.78, 5) is 36.8. The Morgan fingerprint density at radius 1 is 0.860 bits per heavy atom. The van der Waals surface area contributed by atoms with Crippen molar-refractivity contribution in [3.8, 4) is 5.75 Å². The van der Waals surface area contributed by atoms with Crippen molar-refractivity contribution in [3.63, 3.8) is 0 Å². The van der Waals surface area contributed by atoms with E-state index in [9.17, 15) is 35.9 Å². The fourth-order valence-corrected chi connectivity index (χ4v) is 6.06. The zero-order chi connectivity index (χ0) is 31.1. The Hall–Kier alpha value is -3.30. The van der Waals surface area contributed by atoms with E-state index in [4.69, 9.17) is 4.74 Å². The molecule has 2 aromatic heterocycles. The number of methoxy groups -OCH3 is 1. The minimum atomic E-state index is -4.36. The number of ether oxygens (including phenoxy) is 1. The van der Waals surface area contributed by atoms with Gasteiger partial charge in [-0.1, -0.05) is 0 Å². The van der Waals surface area contributed by atoms with Gasteiger partial charge in [0.2, 0.25) is 0 Å². The quantitative estimate of drug-likeness (QED) is 0.270. The highest BCUT2D eigenvalue weighted by Crippen LogP contribution is 2.39. The Labute approximate surface area is 251 Å². The number of alkyl halides is 6. The average molecular weight is 679 g/mol. The number of rotatable bonds is 7. The molecule has 6 rings (SSSR count). The third-order valence-electron chi connectivity index (χ3n) is 7.68. The second-order valence-electron chi connectivity index (χ2n) is 10.8. The summed E-state index contributed by atoms with van der Waals surface area (Å²) >= 11 is 3.25. The first-order chi connectivity index (χ1) is 20.2. The maximum Gasteiger partial charge on any atom is 0.389 e. The van der Waals surface area contributed by atoms with Gasteiger partial charge in [0.1, 0.15) is 11.4 Å². The zero-order valence-corrected chi connectivity index (χ0v) is 24.6. The predicted molar refractivity (Wildman–Crippen MR) is 150 cm³/mol. The molecule has 234 valence electrons. The van der Waals surface area contributed by atoms with E-state index >= 15 is 0 Å². The number of fused-ring (bicyclic) bond motifs is 8. The van der Waals surface area contributed by atoms with E-state index in [0.29, 0.717) is 22.2 Å². The standard InChI is InChI=1S/C14H16F3N3O2.C13H13BrF3N3O/c1-22-11-6-9-13(18-8-3-5-20(9)7-8)19-12(11)10(21)2-4-14(15,16)17;14-8-5-9-12(18-7-2-4-20(9)6-7)19-11(8)10(21)1-3-13(15,16)17/h6,8H,2-5,7H2,1H3,(H,18,19);5,7H,1-4,6H2,(H,18,19)/t8-;7-/m00/s1. The molecule has 2 atom stereocenters. The SMILES string of the molecule is COc1cc2c(nc1C(=O)CCC(F)(F)F)N[C@H]1CCN2C1.O=C(CCC(F)(F)F)c1nc2c(cc1Br)N1CC[C@@H](C1)N2.